The van der Waals surface area contributed by atoms with Gasteiger partial charge >= 0.3 is 6.18 Å². The number of hydrogen-bond acceptors (Lipinski definition) is 7. The third kappa shape index (κ3) is 4.40. The van der Waals surface area contributed by atoms with E-state index in [0.29, 0.717) is 31.3 Å². The maximum absolute atomic E-state index is 13.3. The van der Waals surface area contributed by atoms with E-state index in [1.54, 1.807) is 12.3 Å². The zero-order chi connectivity index (χ0) is 20.4. The average molecular weight is 411 g/mol. The second-order valence-corrected chi connectivity index (χ2v) is 7.02. The van der Waals surface area contributed by atoms with Crippen molar-refractivity contribution in [2.45, 2.75) is 19.3 Å². The Bertz CT molecular complexity index is 837. The minimum absolute atomic E-state index is 0.171. The van der Waals surface area contributed by atoms with Crippen LogP contribution < -0.4 is 4.74 Å². The third-order valence-corrected chi connectivity index (χ3v) is 5.10. The van der Waals surface area contributed by atoms with Crippen molar-refractivity contribution in [3.8, 4) is 5.75 Å². The van der Waals surface area contributed by atoms with Crippen LogP contribution in [-0.4, -0.2) is 66.3 Å². The molecular formula is C18H20F3N5O3. The number of pyridine rings is 1. The number of azo groups is 1. The fraction of sp³-hybridized carbons (Fsp3) is 0.556. The Kier molecular flexibility index (Phi) is 5.50. The van der Waals surface area contributed by atoms with Gasteiger partial charge in [0.15, 0.2) is 5.92 Å². The average Bonchev–Trinajstić information content (AvgIpc) is 3.11. The molecule has 1 unspecified atom stereocenters. The fourth-order valence-electron chi connectivity index (χ4n) is 3.59. The minimum atomic E-state index is -4.72. The highest BCUT2D eigenvalue weighted by molar-refractivity contribution is 5.83. The maximum Gasteiger partial charge on any atom is 0.406 e. The number of fused-ring (bicyclic) bond motifs is 1. The van der Waals surface area contributed by atoms with E-state index in [1.807, 2.05) is 0 Å². The van der Waals surface area contributed by atoms with Crippen LogP contribution in [0.15, 0.2) is 34.4 Å². The summed E-state index contributed by atoms with van der Waals surface area (Å²) in [5, 5.41) is 6.48. The highest BCUT2D eigenvalue weighted by atomic mass is 19.4. The molecule has 0 aromatic carbocycles. The van der Waals surface area contributed by atoms with E-state index in [-0.39, 0.29) is 18.8 Å². The third-order valence-electron chi connectivity index (χ3n) is 5.10. The number of aromatic nitrogens is 1. The number of ether oxygens (including phenoxy) is 2. The van der Waals surface area contributed by atoms with Gasteiger partial charge in [0, 0.05) is 26.2 Å². The number of morpholine rings is 1. The number of hydrogen-bond donors (Lipinski definition) is 0. The van der Waals surface area contributed by atoms with Gasteiger partial charge in [0.1, 0.15) is 12.4 Å². The Morgan fingerprint density at radius 3 is 2.79 bits per heavy atom. The molecule has 0 spiro atoms. The lowest BCUT2D eigenvalue weighted by atomic mass is 10.0. The molecule has 4 heterocycles. The molecule has 1 aromatic rings. The van der Waals surface area contributed by atoms with Gasteiger partial charge in [-0.1, -0.05) is 0 Å². The largest absolute Gasteiger partial charge is 0.491 e. The normalized spacial score (nSPS) is 22.6. The highest BCUT2D eigenvalue weighted by Crippen LogP contribution is 2.39. The number of nitrogens with zero attached hydrogens (tertiary/aromatic N) is 5. The molecule has 11 heteroatoms. The predicted molar refractivity (Wildman–Crippen MR) is 93.7 cm³/mol. The molecule has 0 radical (unpaired) electrons. The van der Waals surface area contributed by atoms with Gasteiger partial charge in [0.05, 0.1) is 43.5 Å². The van der Waals surface area contributed by atoms with E-state index in [2.05, 4.69) is 20.1 Å². The van der Waals surface area contributed by atoms with Crippen LogP contribution in [0.4, 0.5) is 13.2 Å². The first kappa shape index (κ1) is 19.8. The minimum Gasteiger partial charge on any atom is -0.491 e. The van der Waals surface area contributed by atoms with Crippen molar-refractivity contribution in [3.63, 3.8) is 0 Å². The standard InChI is InChI=1S/C18H20F3N5O3/c19-18(20,21)16-15(9-23-24-17(16)27)26-10-12-7-13(8-22-14(12)11-26)29-6-3-25-1-4-28-5-2-25/h7-9,16H,1-6,10-11H2. The van der Waals surface area contributed by atoms with Gasteiger partial charge in [-0.05, 0) is 11.6 Å². The van der Waals surface area contributed by atoms with Crippen LogP contribution in [-0.2, 0) is 22.6 Å². The lowest BCUT2D eigenvalue weighted by Gasteiger charge is -2.28. The Morgan fingerprint density at radius 1 is 1.24 bits per heavy atom. The fourth-order valence-corrected chi connectivity index (χ4v) is 3.59. The van der Waals surface area contributed by atoms with Gasteiger partial charge in [-0.3, -0.25) is 14.7 Å². The molecule has 0 saturated carbocycles. The van der Waals surface area contributed by atoms with Crippen molar-refractivity contribution in [2.24, 2.45) is 16.1 Å². The van der Waals surface area contributed by atoms with Crippen molar-refractivity contribution in [1.82, 2.24) is 14.8 Å². The van der Waals surface area contributed by atoms with E-state index in [4.69, 9.17) is 9.47 Å². The molecule has 1 aromatic heterocycles. The molecule has 8 nitrogen and oxygen atoms in total. The molecular weight excluding hydrogens is 391 g/mol. The zero-order valence-electron chi connectivity index (χ0n) is 15.6. The molecule has 1 amide bonds. The zero-order valence-corrected chi connectivity index (χ0v) is 15.6. The summed E-state index contributed by atoms with van der Waals surface area (Å²) in [7, 11) is 0. The quantitative estimate of drug-likeness (QED) is 0.739. The van der Waals surface area contributed by atoms with Crippen LogP contribution in [0.5, 0.6) is 5.75 Å². The van der Waals surface area contributed by atoms with Crippen LogP contribution in [0.2, 0.25) is 0 Å². The predicted octanol–water partition coefficient (Wildman–Crippen LogP) is 2.12. The lowest BCUT2D eigenvalue weighted by molar-refractivity contribution is -0.177. The van der Waals surface area contributed by atoms with Crippen LogP contribution in [0, 0.1) is 5.92 Å². The maximum atomic E-state index is 13.3. The molecule has 0 bridgehead atoms. The van der Waals surface area contributed by atoms with Gasteiger partial charge in [-0.2, -0.15) is 18.3 Å². The van der Waals surface area contributed by atoms with E-state index in [1.165, 1.54) is 4.90 Å². The first-order valence-corrected chi connectivity index (χ1v) is 9.29. The Morgan fingerprint density at radius 2 is 2.03 bits per heavy atom. The molecule has 0 N–H and O–H groups in total. The van der Waals surface area contributed by atoms with Crippen LogP contribution in [0.1, 0.15) is 11.3 Å². The van der Waals surface area contributed by atoms with Gasteiger partial charge in [-0.25, -0.2) is 0 Å². The van der Waals surface area contributed by atoms with Gasteiger partial charge in [0.2, 0.25) is 0 Å². The number of amides is 1. The summed E-state index contributed by atoms with van der Waals surface area (Å²) < 4.78 is 51.1. The Balaban J connectivity index is 1.40. The van der Waals surface area contributed by atoms with Crippen LogP contribution in [0.3, 0.4) is 0 Å². The van der Waals surface area contributed by atoms with Gasteiger partial charge in [-0.15, -0.1) is 5.11 Å². The van der Waals surface area contributed by atoms with Gasteiger partial charge < -0.3 is 14.4 Å². The molecule has 156 valence electrons. The summed E-state index contributed by atoms with van der Waals surface area (Å²) in [6, 6.07) is 1.79. The molecule has 29 heavy (non-hydrogen) atoms. The first-order valence-electron chi connectivity index (χ1n) is 9.29. The number of carbonyl (C=O) groups is 1. The summed E-state index contributed by atoms with van der Waals surface area (Å²) in [4.78, 5) is 19.7. The van der Waals surface area contributed by atoms with E-state index in [0.717, 1.165) is 31.4 Å². The monoisotopic (exact) mass is 411 g/mol. The second kappa shape index (κ2) is 8.07. The summed E-state index contributed by atoms with van der Waals surface area (Å²) >= 11 is 0. The number of alkyl halides is 3. The molecule has 1 fully saturated rings. The van der Waals surface area contributed by atoms with E-state index in [9.17, 15) is 18.0 Å². The van der Waals surface area contributed by atoms with Crippen LogP contribution in [0.25, 0.3) is 0 Å². The molecule has 1 atom stereocenters. The molecule has 4 rings (SSSR count). The Labute approximate surface area is 165 Å². The summed E-state index contributed by atoms with van der Waals surface area (Å²) in [6.07, 6.45) is -2.15. The Hall–Kier alpha value is -2.53. The van der Waals surface area contributed by atoms with Crippen molar-refractivity contribution in [3.05, 3.63) is 35.4 Å². The smallest absolute Gasteiger partial charge is 0.406 e. The molecule has 0 aliphatic carbocycles. The number of carbonyl (C=O) groups excluding carboxylic acids is 1. The van der Waals surface area contributed by atoms with Crippen molar-refractivity contribution in [1.29, 1.82) is 0 Å². The van der Waals surface area contributed by atoms with Crippen molar-refractivity contribution in [2.75, 3.05) is 39.5 Å². The van der Waals surface area contributed by atoms with Crippen molar-refractivity contribution >= 4 is 5.91 Å². The molecule has 3 aliphatic heterocycles. The molecule has 3 aliphatic rings. The summed E-state index contributed by atoms with van der Waals surface area (Å²) in [6.45, 7) is 4.79. The van der Waals surface area contributed by atoms with E-state index >= 15 is 0 Å². The van der Waals surface area contributed by atoms with E-state index < -0.39 is 18.0 Å². The summed E-state index contributed by atoms with van der Waals surface area (Å²) in [5.74, 6) is -3.02. The second-order valence-electron chi connectivity index (χ2n) is 7.02. The van der Waals surface area contributed by atoms with Crippen LogP contribution >= 0.6 is 0 Å². The van der Waals surface area contributed by atoms with Gasteiger partial charge in [0.25, 0.3) is 5.91 Å². The first-order chi connectivity index (χ1) is 13.9. The number of halogens is 3. The van der Waals surface area contributed by atoms with Crippen molar-refractivity contribution < 1.29 is 27.4 Å². The molecule has 1 saturated heterocycles. The number of rotatable bonds is 5. The highest BCUT2D eigenvalue weighted by Gasteiger charge is 2.50. The lowest BCUT2D eigenvalue weighted by Crippen LogP contribution is -2.38. The SMILES string of the molecule is O=C1N=NC=C(N2Cc3cc(OCCN4CCOCC4)cnc3C2)C1C(F)(F)F. The topological polar surface area (TPSA) is 79.6 Å². The summed E-state index contributed by atoms with van der Waals surface area (Å²) in [5.41, 5.74) is 1.22.